The summed E-state index contributed by atoms with van der Waals surface area (Å²) in [5.74, 6) is 0. The smallest absolute Gasteiger partial charge is 0.138 e. The van der Waals surface area contributed by atoms with Gasteiger partial charge in [0.2, 0.25) is 0 Å². The molecule has 54 valence electrons. The zero-order chi connectivity index (χ0) is 7.61. The van der Waals surface area contributed by atoms with Crippen molar-refractivity contribution in [2.24, 2.45) is 0 Å². The van der Waals surface area contributed by atoms with Crippen molar-refractivity contribution in [2.75, 3.05) is 0 Å². The zero-order valence-electron chi connectivity index (χ0n) is 5.94. The monoisotopic (exact) mass is 155 g/mol. The zero-order valence-corrected chi connectivity index (χ0v) is 6.84. The lowest BCUT2D eigenvalue weighted by Crippen LogP contribution is -2.11. The van der Waals surface area contributed by atoms with Crippen LogP contribution in [0.4, 0.5) is 0 Å². The van der Waals surface area contributed by atoms with Gasteiger partial charge in [0.05, 0.1) is 16.6 Å². The Balaban J connectivity index is 2.97. The lowest BCUT2D eigenvalue weighted by atomic mass is 10.1. The Morgan fingerprint density at radius 3 is 2.50 bits per heavy atom. The Kier molecular flexibility index (Phi) is 1.89. The predicted octanol–water partition coefficient (Wildman–Crippen LogP) is 1.04. The maximum absolute atomic E-state index is 4.30. The molecular weight excluding hydrogens is 146 g/mol. The van der Waals surface area contributed by atoms with Crippen molar-refractivity contribution in [3.8, 4) is 0 Å². The van der Waals surface area contributed by atoms with E-state index in [1.54, 1.807) is 6.20 Å². The minimum Gasteiger partial charge on any atom is -0.241 e. The van der Waals surface area contributed by atoms with Crippen molar-refractivity contribution in [2.45, 2.75) is 18.6 Å². The van der Waals surface area contributed by atoms with E-state index in [0.29, 0.717) is 0 Å². The second-order valence-corrected chi connectivity index (χ2v) is 3.67. The molecule has 0 atom stereocenters. The Hall–Kier alpha value is -0.640. The molecule has 0 aliphatic carbocycles. The van der Waals surface area contributed by atoms with E-state index in [1.807, 2.05) is 13.8 Å². The summed E-state index contributed by atoms with van der Waals surface area (Å²) in [5, 5.41) is 7.50. The molecule has 1 aromatic heterocycles. The number of nitrogens with zero attached hydrogens (tertiary/aromatic N) is 3. The largest absolute Gasteiger partial charge is 0.241 e. The molecule has 1 heterocycles. The molecule has 0 radical (unpaired) electrons. The summed E-state index contributed by atoms with van der Waals surface area (Å²) in [6.07, 6.45) is 3.07. The summed E-state index contributed by atoms with van der Waals surface area (Å²) < 4.78 is -0.249. The Morgan fingerprint density at radius 2 is 2.20 bits per heavy atom. The fourth-order valence-electron chi connectivity index (χ4n) is 0.528. The van der Waals surface area contributed by atoms with Crippen molar-refractivity contribution in [3.63, 3.8) is 0 Å². The molecule has 0 aromatic carbocycles. The summed E-state index contributed by atoms with van der Waals surface area (Å²) in [4.78, 5) is 3.83. The number of thiol groups is 1. The van der Waals surface area contributed by atoms with Gasteiger partial charge in [-0.15, -0.1) is 5.10 Å². The highest BCUT2D eigenvalue weighted by atomic mass is 32.1. The van der Waals surface area contributed by atoms with Crippen LogP contribution in [0, 0.1) is 0 Å². The summed E-state index contributed by atoms with van der Waals surface area (Å²) in [7, 11) is 0. The average molecular weight is 155 g/mol. The highest BCUT2D eigenvalue weighted by Crippen LogP contribution is 2.22. The minimum absolute atomic E-state index is 0.249. The van der Waals surface area contributed by atoms with Gasteiger partial charge in [0.15, 0.2) is 0 Å². The van der Waals surface area contributed by atoms with Crippen molar-refractivity contribution < 1.29 is 0 Å². The van der Waals surface area contributed by atoms with Gasteiger partial charge in [0, 0.05) is 0 Å². The van der Waals surface area contributed by atoms with Gasteiger partial charge in [-0.25, -0.2) is 4.98 Å². The number of hydrogen-bond acceptors (Lipinski definition) is 4. The molecule has 3 nitrogen and oxygen atoms in total. The molecule has 0 amide bonds. The fourth-order valence-corrected chi connectivity index (χ4v) is 0.630. The molecule has 0 spiro atoms. The highest BCUT2D eigenvalue weighted by molar-refractivity contribution is 7.81. The van der Waals surface area contributed by atoms with E-state index in [0.717, 1.165) is 5.69 Å². The Bertz CT molecular complexity index is 204. The molecule has 0 saturated carbocycles. The maximum atomic E-state index is 4.30. The van der Waals surface area contributed by atoms with Gasteiger partial charge in [0.25, 0.3) is 0 Å². The molecule has 0 aliphatic rings. The van der Waals surface area contributed by atoms with Crippen molar-refractivity contribution in [1.29, 1.82) is 0 Å². The van der Waals surface area contributed by atoms with Crippen LogP contribution in [0.15, 0.2) is 12.5 Å². The fraction of sp³-hybridized carbons (Fsp3) is 0.500. The van der Waals surface area contributed by atoms with Crippen LogP contribution in [0.25, 0.3) is 0 Å². The van der Waals surface area contributed by atoms with E-state index in [4.69, 9.17) is 0 Å². The molecule has 0 unspecified atom stereocenters. The minimum atomic E-state index is -0.249. The van der Waals surface area contributed by atoms with Crippen LogP contribution in [-0.4, -0.2) is 15.2 Å². The molecule has 0 N–H and O–H groups in total. The van der Waals surface area contributed by atoms with Crippen LogP contribution in [0.1, 0.15) is 19.5 Å². The summed E-state index contributed by atoms with van der Waals surface area (Å²) in [6.45, 7) is 3.89. The third-order valence-corrected chi connectivity index (χ3v) is 1.34. The third kappa shape index (κ3) is 1.67. The van der Waals surface area contributed by atoms with Crippen molar-refractivity contribution in [1.82, 2.24) is 15.2 Å². The van der Waals surface area contributed by atoms with Gasteiger partial charge in [-0.3, -0.25) is 0 Å². The van der Waals surface area contributed by atoms with E-state index >= 15 is 0 Å². The van der Waals surface area contributed by atoms with Gasteiger partial charge in [0.1, 0.15) is 6.33 Å². The van der Waals surface area contributed by atoms with E-state index in [1.165, 1.54) is 6.33 Å². The highest BCUT2D eigenvalue weighted by Gasteiger charge is 2.16. The Labute approximate surface area is 65.3 Å². The van der Waals surface area contributed by atoms with E-state index in [9.17, 15) is 0 Å². The van der Waals surface area contributed by atoms with Crippen molar-refractivity contribution in [3.05, 3.63) is 18.2 Å². The molecule has 0 fully saturated rings. The van der Waals surface area contributed by atoms with Gasteiger partial charge < -0.3 is 0 Å². The first-order valence-electron chi connectivity index (χ1n) is 2.96. The van der Waals surface area contributed by atoms with Gasteiger partial charge in [-0.2, -0.15) is 17.7 Å². The second kappa shape index (κ2) is 2.54. The standard InChI is InChI=1S/C6H9N3S/c1-6(2,10)5-3-7-4-8-9-5/h3-4,10H,1-2H3. The SMILES string of the molecule is CC(C)(S)c1cncnn1. The lowest BCUT2D eigenvalue weighted by Gasteiger charge is -2.13. The molecule has 1 aromatic rings. The van der Waals surface area contributed by atoms with Crippen LogP contribution in [0.2, 0.25) is 0 Å². The molecule has 0 bridgehead atoms. The first kappa shape index (κ1) is 7.47. The lowest BCUT2D eigenvalue weighted by molar-refractivity contribution is 0.714. The number of rotatable bonds is 1. The molecule has 0 aliphatic heterocycles. The normalized spacial score (nSPS) is 11.5. The maximum Gasteiger partial charge on any atom is 0.138 e. The van der Waals surface area contributed by atoms with Gasteiger partial charge in [-0.05, 0) is 13.8 Å². The third-order valence-electron chi connectivity index (χ3n) is 1.11. The van der Waals surface area contributed by atoms with Gasteiger partial charge >= 0.3 is 0 Å². The van der Waals surface area contributed by atoms with E-state index < -0.39 is 0 Å². The molecular formula is C6H9N3S. The number of hydrogen-bond donors (Lipinski definition) is 1. The first-order chi connectivity index (χ1) is 4.61. The average Bonchev–Trinajstić information content (AvgIpc) is 1.88. The topological polar surface area (TPSA) is 38.7 Å². The van der Waals surface area contributed by atoms with E-state index in [-0.39, 0.29) is 4.75 Å². The predicted molar refractivity (Wildman–Crippen MR) is 41.8 cm³/mol. The van der Waals surface area contributed by atoms with Crippen LogP contribution < -0.4 is 0 Å². The van der Waals surface area contributed by atoms with Crippen LogP contribution in [0.5, 0.6) is 0 Å². The first-order valence-corrected chi connectivity index (χ1v) is 3.41. The summed E-state index contributed by atoms with van der Waals surface area (Å²) >= 11 is 4.30. The number of aromatic nitrogens is 3. The van der Waals surface area contributed by atoms with E-state index in [2.05, 4.69) is 27.8 Å². The quantitative estimate of drug-likeness (QED) is 0.616. The van der Waals surface area contributed by atoms with Crippen LogP contribution in [0.3, 0.4) is 0 Å². The van der Waals surface area contributed by atoms with Crippen LogP contribution in [-0.2, 0) is 4.75 Å². The summed E-state index contributed by atoms with van der Waals surface area (Å²) in [5.41, 5.74) is 0.790. The summed E-state index contributed by atoms with van der Waals surface area (Å²) in [6, 6.07) is 0. The molecule has 1 rings (SSSR count). The van der Waals surface area contributed by atoms with Crippen molar-refractivity contribution >= 4 is 12.6 Å². The van der Waals surface area contributed by atoms with Gasteiger partial charge in [-0.1, -0.05) is 0 Å². The van der Waals surface area contributed by atoms with Crippen LogP contribution >= 0.6 is 12.6 Å². The molecule has 0 saturated heterocycles. The molecule has 10 heavy (non-hydrogen) atoms. The second-order valence-electron chi connectivity index (χ2n) is 2.55. The molecule has 4 heteroatoms. The Morgan fingerprint density at radius 1 is 1.50 bits per heavy atom.